The molecule has 0 aliphatic rings. The molecule has 0 aliphatic heterocycles. The van der Waals surface area contributed by atoms with E-state index in [0.717, 1.165) is 5.75 Å². The lowest BCUT2D eigenvalue weighted by atomic mass is 10.1. The van der Waals surface area contributed by atoms with Crippen LogP contribution in [0.15, 0.2) is 72.8 Å². The maximum Gasteiger partial charge on any atom is 0.338 e. The van der Waals surface area contributed by atoms with Crippen molar-refractivity contribution in [3.8, 4) is 23.3 Å². The number of nitrogens with zero attached hydrogens (tertiary/aromatic N) is 1. The SMILES string of the molecule is CCOc1ccc(Oc2ccc(NC(=O)COC(=O)c3ccc(C#N)cc3)cc2)cc1. The van der Waals surface area contributed by atoms with Crippen molar-refractivity contribution in [2.24, 2.45) is 0 Å². The van der Waals surface area contributed by atoms with Gasteiger partial charge < -0.3 is 19.5 Å². The second-order valence-corrected chi connectivity index (χ2v) is 6.34. The summed E-state index contributed by atoms with van der Waals surface area (Å²) in [6, 6.07) is 22.0. The molecule has 0 atom stereocenters. The highest BCUT2D eigenvalue weighted by molar-refractivity contribution is 5.95. The molecule has 0 saturated heterocycles. The van der Waals surface area contributed by atoms with Crippen molar-refractivity contribution in [1.82, 2.24) is 0 Å². The van der Waals surface area contributed by atoms with Gasteiger partial charge in [0.1, 0.15) is 17.2 Å². The maximum atomic E-state index is 12.0. The van der Waals surface area contributed by atoms with E-state index in [4.69, 9.17) is 19.5 Å². The van der Waals surface area contributed by atoms with Crippen LogP contribution in [0, 0.1) is 11.3 Å². The predicted molar refractivity (Wildman–Crippen MR) is 114 cm³/mol. The summed E-state index contributed by atoms with van der Waals surface area (Å²) < 4.78 is 16.1. The smallest absolute Gasteiger partial charge is 0.338 e. The number of nitriles is 1. The number of benzene rings is 3. The highest BCUT2D eigenvalue weighted by Crippen LogP contribution is 2.25. The van der Waals surface area contributed by atoms with E-state index in [9.17, 15) is 9.59 Å². The van der Waals surface area contributed by atoms with Crippen LogP contribution < -0.4 is 14.8 Å². The molecule has 156 valence electrons. The Labute approximate surface area is 179 Å². The number of amides is 1. The largest absolute Gasteiger partial charge is 0.494 e. The van der Waals surface area contributed by atoms with Crippen LogP contribution in [0.1, 0.15) is 22.8 Å². The van der Waals surface area contributed by atoms with Crippen molar-refractivity contribution in [2.75, 3.05) is 18.5 Å². The molecule has 0 unspecified atom stereocenters. The zero-order chi connectivity index (χ0) is 22.1. The first kappa shape index (κ1) is 21.4. The summed E-state index contributed by atoms with van der Waals surface area (Å²) >= 11 is 0. The Morgan fingerprint density at radius 1 is 0.871 bits per heavy atom. The Morgan fingerprint density at radius 3 is 2.03 bits per heavy atom. The third-order valence-electron chi connectivity index (χ3n) is 4.09. The molecule has 0 heterocycles. The van der Waals surface area contributed by atoms with Gasteiger partial charge in [0.05, 0.1) is 23.8 Å². The van der Waals surface area contributed by atoms with E-state index in [1.54, 1.807) is 24.3 Å². The molecule has 0 fully saturated rings. The van der Waals surface area contributed by atoms with E-state index in [2.05, 4.69) is 5.32 Å². The summed E-state index contributed by atoms with van der Waals surface area (Å²) in [5.74, 6) is 0.929. The minimum Gasteiger partial charge on any atom is -0.494 e. The van der Waals surface area contributed by atoms with Crippen molar-refractivity contribution < 1.29 is 23.8 Å². The van der Waals surface area contributed by atoms with Gasteiger partial charge in [-0.3, -0.25) is 4.79 Å². The van der Waals surface area contributed by atoms with Crippen molar-refractivity contribution in [3.63, 3.8) is 0 Å². The first-order chi connectivity index (χ1) is 15.1. The summed E-state index contributed by atoms with van der Waals surface area (Å²) in [4.78, 5) is 24.0. The summed E-state index contributed by atoms with van der Waals surface area (Å²) in [7, 11) is 0. The fourth-order valence-electron chi connectivity index (χ4n) is 2.61. The summed E-state index contributed by atoms with van der Waals surface area (Å²) in [6.07, 6.45) is 0. The number of nitrogens with one attached hydrogen (secondary N) is 1. The van der Waals surface area contributed by atoms with E-state index in [1.807, 2.05) is 37.3 Å². The Morgan fingerprint density at radius 2 is 1.45 bits per heavy atom. The van der Waals surface area contributed by atoms with Crippen LogP contribution in [0.5, 0.6) is 17.2 Å². The Bertz CT molecular complexity index is 1070. The van der Waals surface area contributed by atoms with Gasteiger partial charge in [-0.2, -0.15) is 5.26 Å². The predicted octanol–water partition coefficient (Wildman–Crippen LogP) is 4.54. The average molecular weight is 416 g/mol. The number of rotatable bonds is 8. The van der Waals surface area contributed by atoms with E-state index < -0.39 is 18.5 Å². The highest BCUT2D eigenvalue weighted by Gasteiger charge is 2.10. The van der Waals surface area contributed by atoms with Crippen molar-refractivity contribution in [2.45, 2.75) is 6.92 Å². The van der Waals surface area contributed by atoms with Crippen LogP contribution in [-0.2, 0) is 9.53 Å². The van der Waals surface area contributed by atoms with Gasteiger partial charge in [0, 0.05) is 5.69 Å². The number of carbonyl (C=O) groups is 2. The summed E-state index contributed by atoms with van der Waals surface area (Å²) in [5, 5.41) is 11.4. The van der Waals surface area contributed by atoms with Crippen LogP contribution in [0.25, 0.3) is 0 Å². The molecule has 31 heavy (non-hydrogen) atoms. The van der Waals surface area contributed by atoms with E-state index in [-0.39, 0.29) is 5.56 Å². The molecule has 0 radical (unpaired) electrons. The van der Waals surface area contributed by atoms with Crippen LogP contribution >= 0.6 is 0 Å². The number of carbonyl (C=O) groups excluding carboxylic acids is 2. The molecule has 0 saturated carbocycles. The molecule has 0 spiro atoms. The fourth-order valence-corrected chi connectivity index (χ4v) is 2.61. The Balaban J connectivity index is 1.48. The lowest BCUT2D eigenvalue weighted by molar-refractivity contribution is -0.119. The first-order valence-electron chi connectivity index (χ1n) is 9.55. The zero-order valence-electron chi connectivity index (χ0n) is 16.8. The molecular weight excluding hydrogens is 396 g/mol. The fraction of sp³-hybridized carbons (Fsp3) is 0.125. The van der Waals surface area contributed by atoms with Crippen LogP contribution in [-0.4, -0.2) is 25.1 Å². The number of hydrogen-bond donors (Lipinski definition) is 1. The lowest BCUT2D eigenvalue weighted by Crippen LogP contribution is -2.20. The monoisotopic (exact) mass is 416 g/mol. The quantitative estimate of drug-likeness (QED) is 0.541. The average Bonchev–Trinajstić information content (AvgIpc) is 2.80. The van der Waals surface area contributed by atoms with Crippen LogP contribution in [0.2, 0.25) is 0 Å². The van der Waals surface area contributed by atoms with E-state index in [0.29, 0.717) is 29.4 Å². The van der Waals surface area contributed by atoms with Crippen LogP contribution in [0.4, 0.5) is 5.69 Å². The molecule has 1 amide bonds. The number of ether oxygens (including phenoxy) is 3. The number of anilines is 1. The highest BCUT2D eigenvalue weighted by atomic mass is 16.5. The Hall–Kier alpha value is -4.31. The third-order valence-corrected chi connectivity index (χ3v) is 4.09. The topological polar surface area (TPSA) is 97.7 Å². The zero-order valence-corrected chi connectivity index (χ0v) is 16.8. The lowest BCUT2D eigenvalue weighted by Gasteiger charge is -2.09. The molecule has 0 aromatic heterocycles. The first-order valence-corrected chi connectivity index (χ1v) is 9.55. The van der Waals surface area contributed by atoms with E-state index >= 15 is 0 Å². The van der Waals surface area contributed by atoms with Gasteiger partial charge in [-0.15, -0.1) is 0 Å². The van der Waals surface area contributed by atoms with E-state index in [1.165, 1.54) is 24.3 Å². The van der Waals surface area contributed by atoms with Crippen molar-refractivity contribution in [3.05, 3.63) is 83.9 Å². The van der Waals surface area contributed by atoms with Gasteiger partial charge in [-0.25, -0.2) is 4.79 Å². The molecule has 0 bridgehead atoms. The van der Waals surface area contributed by atoms with Gasteiger partial charge in [0.2, 0.25) is 0 Å². The summed E-state index contributed by atoms with van der Waals surface area (Å²) in [6.45, 7) is 2.09. The van der Waals surface area contributed by atoms with Crippen LogP contribution in [0.3, 0.4) is 0 Å². The van der Waals surface area contributed by atoms with Crippen molar-refractivity contribution >= 4 is 17.6 Å². The molecule has 3 rings (SSSR count). The molecule has 0 aliphatic carbocycles. The Kier molecular flexibility index (Phi) is 7.22. The van der Waals surface area contributed by atoms with Gasteiger partial charge in [0.15, 0.2) is 6.61 Å². The van der Waals surface area contributed by atoms with Gasteiger partial charge in [-0.05, 0) is 79.7 Å². The molecule has 1 N–H and O–H groups in total. The minimum absolute atomic E-state index is 0.266. The molecule has 7 heteroatoms. The standard InChI is InChI=1S/C24H20N2O5/c1-2-29-20-11-13-22(14-12-20)31-21-9-7-19(8-10-21)26-23(27)16-30-24(28)18-5-3-17(15-25)4-6-18/h3-14H,2,16H2,1H3,(H,26,27). The molecular formula is C24H20N2O5. The molecule has 3 aromatic rings. The summed E-state index contributed by atoms with van der Waals surface area (Å²) in [5.41, 5.74) is 1.24. The number of esters is 1. The van der Waals surface area contributed by atoms with Crippen molar-refractivity contribution in [1.29, 1.82) is 5.26 Å². The normalized spacial score (nSPS) is 9.94. The third kappa shape index (κ3) is 6.34. The second kappa shape index (κ2) is 10.5. The number of hydrogen-bond acceptors (Lipinski definition) is 6. The second-order valence-electron chi connectivity index (χ2n) is 6.34. The van der Waals surface area contributed by atoms with Gasteiger partial charge in [0.25, 0.3) is 5.91 Å². The molecule has 7 nitrogen and oxygen atoms in total. The van der Waals surface area contributed by atoms with Gasteiger partial charge in [-0.1, -0.05) is 0 Å². The minimum atomic E-state index is -0.640. The molecule has 3 aromatic carbocycles. The maximum absolute atomic E-state index is 12.0. The van der Waals surface area contributed by atoms with Gasteiger partial charge >= 0.3 is 5.97 Å².